The highest BCUT2D eigenvalue weighted by Crippen LogP contribution is 2.16. The van der Waals surface area contributed by atoms with Gasteiger partial charge in [-0.25, -0.2) is 0 Å². The summed E-state index contributed by atoms with van der Waals surface area (Å²) in [5.74, 6) is 0.134. The second-order valence-corrected chi connectivity index (χ2v) is 6.01. The van der Waals surface area contributed by atoms with E-state index in [-0.39, 0.29) is 12.0 Å². The van der Waals surface area contributed by atoms with Crippen LogP contribution in [0.1, 0.15) is 12.8 Å². The Morgan fingerprint density at radius 3 is 2.77 bits per heavy atom. The largest absolute Gasteiger partial charge is 0.390 e. The minimum Gasteiger partial charge on any atom is -0.390 e. The normalized spacial score (nSPS) is 24.6. The summed E-state index contributed by atoms with van der Waals surface area (Å²) in [7, 11) is 0. The third-order valence-electron chi connectivity index (χ3n) is 4.32. The van der Waals surface area contributed by atoms with Crippen LogP contribution in [0.5, 0.6) is 0 Å². The lowest BCUT2D eigenvalue weighted by molar-refractivity contribution is -0.142. The molecular weight excluding hydrogens is 284 g/mol. The number of aliphatic hydroxyl groups is 1. The van der Waals surface area contributed by atoms with Crippen LogP contribution in [0.15, 0.2) is 18.5 Å². The molecule has 3 heterocycles. The molecule has 3 rings (SSSR count). The van der Waals surface area contributed by atoms with Gasteiger partial charge in [0.05, 0.1) is 12.6 Å². The van der Waals surface area contributed by atoms with Gasteiger partial charge in [0, 0.05) is 51.7 Å². The summed E-state index contributed by atoms with van der Waals surface area (Å²) in [6, 6.07) is 1.85. The van der Waals surface area contributed by atoms with Crippen LogP contribution in [0, 0.1) is 0 Å². The Balaban J connectivity index is 1.40. The number of carbonyl (C=O) groups is 1. The third kappa shape index (κ3) is 3.85. The van der Waals surface area contributed by atoms with Crippen LogP contribution in [0.3, 0.4) is 0 Å². The third-order valence-corrected chi connectivity index (χ3v) is 4.32. The average molecular weight is 308 g/mol. The van der Waals surface area contributed by atoms with E-state index in [0.717, 1.165) is 25.9 Å². The van der Waals surface area contributed by atoms with Gasteiger partial charge < -0.3 is 14.7 Å². The van der Waals surface area contributed by atoms with Gasteiger partial charge >= 0.3 is 0 Å². The van der Waals surface area contributed by atoms with Crippen molar-refractivity contribution in [2.45, 2.75) is 31.6 Å². The number of rotatable bonds is 5. The fourth-order valence-electron chi connectivity index (χ4n) is 3.11. The number of hydrogen-bond acceptors (Lipinski definition) is 5. The molecule has 0 bridgehead atoms. The van der Waals surface area contributed by atoms with Crippen LogP contribution in [-0.2, 0) is 16.1 Å². The quantitative estimate of drug-likeness (QED) is 0.799. The first-order chi connectivity index (χ1) is 10.7. The van der Waals surface area contributed by atoms with E-state index < -0.39 is 6.10 Å². The topological polar surface area (TPSA) is 70.8 Å². The predicted octanol–water partition coefficient (Wildman–Crippen LogP) is -0.433. The van der Waals surface area contributed by atoms with E-state index in [1.807, 2.05) is 17.2 Å². The Morgan fingerprint density at radius 2 is 2.14 bits per heavy atom. The van der Waals surface area contributed by atoms with E-state index in [4.69, 9.17) is 4.74 Å². The highest BCUT2D eigenvalue weighted by atomic mass is 16.5. The molecule has 2 aliphatic rings. The van der Waals surface area contributed by atoms with Crippen LogP contribution in [-0.4, -0.2) is 82.1 Å². The molecule has 2 fully saturated rings. The number of amides is 1. The van der Waals surface area contributed by atoms with Crippen molar-refractivity contribution in [3.63, 3.8) is 0 Å². The Morgan fingerprint density at radius 1 is 1.32 bits per heavy atom. The minimum atomic E-state index is -0.444. The summed E-state index contributed by atoms with van der Waals surface area (Å²) in [6.07, 6.45) is 4.72. The molecule has 7 nitrogen and oxygen atoms in total. The smallest absolute Gasteiger partial charge is 0.251 e. The van der Waals surface area contributed by atoms with Gasteiger partial charge in [-0.15, -0.1) is 0 Å². The summed E-state index contributed by atoms with van der Waals surface area (Å²) in [6.45, 7) is 4.85. The van der Waals surface area contributed by atoms with Gasteiger partial charge in [0.1, 0.15) is 6.10 Å². The molecule has 0 radical (unpaired) electrons. The lowest BCUT2D eigenvalue weighted by Gasteiger charge is -2.36. The highest BCUT2D eigenvalue weighted by molar-refractivity contribution is 5.81. The Labute approximate surface area is 130 Å². The zero-order chi connectivity index (χ0) is 15.4. The molecule has 1 aromatic rings. The van der Waals surface area contributed by atoms with Gasteiger partial charge in [-0.1, -0.05) is 0 Å². The number of nitrogens with zero attached hydrogens (tertiary/aromatic N) is 4. The molecule has 0 aromatic carbocycles. The van der Waals surface area contributed by atoms with E-state index in [1.54, 1.807) is 10.9 Å². The molecule has 0 saturated carbocycles. The van der Waals surface area contributed by atoms with Crippen molar-refractivity contribution < 1.29 is 14.6 Å². The van der Waals surface area contributed by atoms with Gasteiger partial charge in [0.25, 0.3) is 5.91 Å². The number of β-amino-alcohol motifs (C(OH)–C–C–N with tert-alkyl or cyclic N) is 1. The first kappa shape index (κ1) is 15.5. The summed E-state index contributed by atoms with van der Waals surface area (Å²) >= 11 is 0. The molecule has 0 aliphatic carbocycles. The fourth-order valence-corrected chi connectivity index (χ4v) is 3.11. The number of ether oxygens (including phenoxy) is 1. The molecule has 0 spiro atoms. The van der Waals surface area contributed by atoms with E-state index in [0.29, 0.717) is 32.8 Å². The van der Waals surface area contributed by atoms with Gasteiger partial charge in [0.2, 0.25) is 0 Å². The first-order valence-corrected chi connectivity index (χ1v) is 8.00. The first-order valence-electron chi connectivity index (χ1n) is 8.00. The SMILES string of the molecule is O=C([C@H]1CCCO1)N1CCN(C[C@@H](O)Cn2cccn2)CC1. The maximum atomic E-state index is 12.3. The van der Waals surface area contributed by atoms with Crippen LogP contribution in [0.25, 0.3) is 0 Å². The van der Waals surface area contributed by atoms with E-state index in [1.165, 1.54) is 0 Å². The number of piperazine rings is 1. The second-order valence-electron chi connectivity index (χ2n) is 6.01. The number of aromatic nitrogens is 2. The second kappa shape index (κ2) is 7.21. The predicted molar refractivity (Wildman–Crippen MR) is 80.2 cm³/mol. The molecule has 122 valence electrons. The maximum absolute atomic E-state index is 12.3. The average Bonchev–Trinajstić information content (AvgIpc) is 3.20. The van der Waals surface area contributed by atoms with Gasteiger partial charge in [-0.3, -0.25) is 14.4 Å². The van der Waals surface area contributed by atoms with Crippen molar-refractivity contribution in [2.75, 3.05) is 39.3 Å². The van der Waals surface area contributed by atoms with Crippen LogP contribution >= 0.6 is 0 Å². The van der Waals surface area contributed by atoms with Gasteiger partial charge in [0.15, 0.2) is 0 Å². The van der Waals surface area contributed by atoms with E-state index in [2.05, 4.69) is 10.00 Å². The van der Waals surface area contributed by atoms with Crippen LogP contribution < -0.4 is 0 Å². The summed E-state index contributed by atoms with van der Waals surface area (Å²) in [5.41, 5.74) is 0. The van der Waals surface area contributed by atoms with Crippen LogP contribution in [0.2, 0.25) is 0 Å². The maximum Gasteiger partial charge on any atom is 0.251 e. The molecule has 22 heavy (non-hydrogen) atoms. The Bertz CT molecular complexity index is 465. The Kier molecular flexibility index (Phi) is 5.07. The number of carbonyl (C=O) groups excluding carboxylic acids is 1. The van der Waals surface area contributed by atoms with Crippen molar-refractivity contribution in [1.82, 2.24) is 19.6 Å². The van der Waals surface area contributed by atoms with Gasteiger partial charge in [-0.05, 0) is 18.9 Å². The number of hydrogen-bond donors (Lipinski definition) is 1. The highest BCUT2D eigenvalue weighted by Gasteiger charge is 2.30. The molecule has 1 amide bonds. The molecule has 0 unspecified atom stereocenters. The summed E-state index contributed by atoms with van der Waals surface area (Å²) in [5, 5.41) is 14.2. The Hall–Kier alpha value is -1.44. The summed E-state index contributed by atoms with van der Waals surface area (Å²) < 4.78 is 7.20. The zero-order valence-corrected chi connectivity index (χ0v) is 12.8. The molecule has 2 aliphatic heterocycles. The lowest BCUT2D eigenvalue weighted by Crippen LogP contribution is -2.52. The minimum absolute atomic E-state index is 0.134. The fraction of sp³-hybridized carbons (Fsp3) is 0.733. The summed E-state index contributed by atoms with van der Waals surface area (Å²) in [4.78, 5) is 16.4. The molecule has 1 aromatic heterocycles. The van der Waals surface area contributed by atoms with E-state index >= 15 is 0 Å². The molecule has 7 heteroatoms. The van der Waals surface area contributed by atoms with Crippen molar-refractivity contribution in [3.8, 4) is 0 Å². The molecule has 2 saturated heterocycles. The van der Waals surface area contributed by atoms with Crippen molar-refractivity contribution in [1.29, 1.82) is 0 Å². The van der Waals surface area contributed by atoms with Crippen molar-refractivity contribution in [2.24, 2.45) is 0 Å². The van der Waals surface area contributed by atoms with Crippen LogP contribution in [0.4, 0.5) is 0 Å². The van der Waals surface area contributed by atoms with Crippen molar-refractivity contribution >= 4 is 5.91 Å². The molecule has 1 N–H and O–H groups in total. The monoisotopic (exact) mass is 308 g/mol. The van der Waals surface area contributed by atoms with Crippen molar-refractivity contribution in [3.05, 3.63) is 18.5 Å². The standard InChI is InChI=1S/C15H24N4O3/c20-13(12-19-5-2-4-16-19)11-17-6-8-18(9-7-17)15(21)14-3-1-10-22-14/h2,4-5,13-14,20H,1,3,6-12H2/t13-,14-/m1/s1. The lowest BCUT2D eigenvalue weighted by atomic mass is 10.2. The zero-order valence-electron chi connectivity index (χ0n) is 12.8. The number of aliphatic hydroxyl groups excluding tert-OH is 1. The molecular formula is C15H24N4O3. The molecule has 2 atom stereocenters. The van der Waals surface area contributed by atoms with E-state index in [9.17, 15) is 9.90 Å². The van der Waals surface area contributed by atoms with Gasteiger partial charge in [-0.2, -0.15) is 5.10 Å².